The van der Waals surface area contributed by atoms with Crippen LogP contribution >= 0.6 is 0 Å². The molecule has 0 spiro atoms. The molecule has 0 saturated heterocycles. The SMILES string of the molecule is Cc1cccc(NS(=O)(=O)c2ccc(C(=O)NC3CC3)cc2)c1. The summed E-state index contributed by atoms with van der Waals surface area (Å²) in [5.74, 6) is -0.164. The Morgan fingerprint density at radius 1 is 1.09 bits per heavy atom. The van der Waals surface area contributed by atoms with Gasteiger partial charge in [-0.15, -0.1) is 0 Å². The largest absolute Gasteiger partial charge is 0.349 e. The first-order valence-corrected chi connectivity index (χ1v) is 8.93. The Balaban J connectivity index is 1.75. The van der Waals surface area contributed by atoms with E-state index >= 15 is 0 Å². The predicted octanol–water partition coefficient (Wildman–Crippen LogP) is 2.69. The van der Waals surface area contributed by atoms with E-state index in [-0.39, 0.29) is 16.8 Å². The zero-order valence-electron chi connectivity index (χ0n) is 12.7. The van der Waals surface area contributed by atoms with Crippen LogP contribution < -0.4 is 10.0 Å². The summed E-state index contributed by atoms with van der Waals surface area (Å²) in [5.41, 5.74) is 1.95. The molecule has 2 N–H and O–H groups in total. The Hall–Kier alpha value is -2.34. The van der Waals surface area contributed by atoms with Crippen LogP contribution in [0.25, 0.3) is 0 Å². The van der Waals surface area contributed by atoms with Gasteiger partial charge in [-0.3, -0.25) is 9.52 Å². The highest BCUT2D eigenvalue weighted by molar-refractivity contribution is 7.92. The fraction of sp³-hybridized carbons (Fsp3) is 0.235. The molecule has 0 aromatic heterocycles. The highest BCUT2D eigenvalue weighted by Gasteiger charge is 2.24. The highest BCUT2D eigenvalue weighted by atomic mass is 32.2. The number of rotatable bonds is 5. The molecule has 3 rings (SSSR count). The molecule has 1 aliphatic carbocycles. The average molecular weight is 330 g/mol. The molecule has 1 fully saturated rings. The van der Waals surface area contributed by atoms with Gasteiger partial charge in [-0.1, -0.05) is 12.1 Å². The molecule has 0 heterocycles. The molecule has 1 saturated carbocycles. The molecular formula is C17H18N2O3S. The first-order chi connectivity index (χ1) is 10.9. The predicted molar refractivity (Wildman–Crippen MR) is 88.9 cm³/mol. The van der Waals surface area contributed by atoms with Gasteiger partial charge in [0.05, 0.1) is 4.90 Å². The highest BCUT2D eigenvalue weighted by Crippen LogP contribution is 2.20. The minimum absolute atomic E-state index is 0.127. The number of hydrogen-bond acceptors (Lipinski definition) is 3. The van der Waals surface area contributed by atoms with Crippen molar-refractivity contribution in [2.75, 3.05) is 4.72 Å². The van der Waals surface area contributed by atoms with Gasteiger partial charge in [-0.05, 0) is 61.7 Å². The van der Waals surface area contributed by atoms with E-state index in [0.717, 1.165) is 18.4 Å². The maximum atomic E-state index is 12.4. The fourth-order valence-corrected chi connectivity index (χ4v) is 3.25. The monoisotopic (exact) mass is 330 g/mol. The molecule has 1 aliphatic rings. The standard InChI is InChI=1S/C17H18N2O3S/c1-12-3-2-4-15(11-12)19-23(21,22)16-9-5-13(6-10-16)17(20)18-14-7-8-14/h2-6,9-11,14,19H,7-8H2,1H3,(H,18,20). The van der Waals surface area contributed by atoms with Crippen molar-refractivity contribution in [2.24, 2.45) is 0 Å². The third-order valence-electron chi connectivity index (χ3n) is 3.61. The second-order valence-corrected chi connectivity index (χ2v) is 7.43. The van der Waals surface area contributed by atoms with Crippen LogP contribution in [0.4, 0.5) is 5.69 Å². The molecular weight excluding hydrogens is 312 g/mol. The molecule has 1 amide bonds. The van der Waals surface area contributed by atoms with E-state index in [9.17, 15) is 13.2 Å². The van der Waals surface area contributed by atoms with Crippen molar-refractivity contribution < 1.29 is 13.2 Å². The van der Waals surface area contributed by atoms with Gasteiger partial charge in [0.25, 0.3) is 15.9 Å². The fourth-order valence-electron chi connectivity index (χ4n) is 2.20. The van der Waals surface area contributed by atoms with Gasteiger partial charge in [0.1, 0.15) is 0 Å². The van der Waals surface area contributed by atoms with Crippen LogP contribution in [0.5, 0.6) is 0 Å². The molecule has 0 unspecified atom stereocenters. The Morgan fingerprint density at radius 2 is 1.78 bits per heavy atom. The zero-order chi connectivity index (χ0) is 16.4. The van der Waals surface area contributed by atoms with Crippen molar-refractivity contribution >= 4 is 21.6 Å². The van der Waals surface area contributed by atoms with E-state index in [4.69, 9.17) is 0 Å². The topological polar surface area (TPSA) is 75.3 Å². The van der Waals surface area contributed by atoms with Gasteiger partial charge in [-0.25, -0.2) is 8.42 Å². The Kier molecular flexibility index (Phi) is 4.09. The molecule has 6 heteroatoms. The van der Waals surface area contributed by atoms with E-state index in [1.54, 1.807) is 18.2 Å². The second-order valence-electron chi connectivity index (χ2n) is 5.75. The molecule has 2 aromatic rings. The molecule has 0 aliphatic heterocycles. The second kappa shape index (κ2) is 6.04. The number of benzene rings is 2. The number of sulfonamides is 1. The summed E-state index contributed by atoms with van der Waals surface area (Å²) in [6, 6.07) is 13.4. The minimum atomic E-state index is -3.66. The average Bonchev–Trinajstić information content (AvgIpc) is 3.31. The van der Waals surface area contributed by atoms with Crippen molar-refractivity contribution in [1.82, 2.24) is 5.32 Å². The number of carbonyl (C=O) groups is 1. The van der Waals surface area contributed by atoms with Crippen LogP contribution in [0.1, 0.15) is 28.8 Å². The summed E-state index contributed by atoms with van der Waals surface area (Å²) < 4.78 is 27.3. The van der Waals surface area contributed by atoms with Crippen LogP contribution in [0, 0.1) is 6.92 Å². The Morgan fingerprint density at radius 3 is 2.39 bits per heavy atom. The van der Waals surface area contributed by atoms with Crippen LogP contribution in [0.3, 0.4) is 0 Å². The summed E-state index contributed by atoms with van der Waals surface area (Å²) in [7, 11) is -3.66. The first kappa shape index (κ1) is 15.6. The van der Waals surface area contributed by atoms with Gasteiger partial charge in [-0.2, -0.15) is 0 Å². The number of hydrogen-bond donors (Lipinski definition) is 2. The molecule has 0 radical (unpaired) electrons. The van der Waals surface area contributed by atoms with Crippen molar-refractivity contribution in [3.63, 3.8) is 0 Å². The van der Waals surface area contributed by atoms with Crippen molar-refractivity contribution in [2.45, 2.75) is 30.7 Å². The summed E-state index contributed by atoms with van der Waals surface area (Å²) in [6.07, 6.45) is 2.03. The van der Waals surface area contributed by atoms with Gasteiger partial charge >= 0.3 is 0 Å². The minimum Gasteiger partial charge on any atom is -0.349 e. The van der Waals surface area contributed by atoms with Crippen LogP contribution in [-0.4, -0.2) is 20.4 Å². The summed E-state index contributed by atoms with van der Waals surface area (Å²) in [4.78, 5) is 12.0. The number of aryl methyl sites for hydroxylation is 1. The lowest BCUT2D eigenvalue weighted by Crippen LogP contribution is -2.25. The third kappa shape index (κ3) is 3.90. The van der Waals surface area contributed by atoms with Crippen LogP contribution in [0.15, 0.2) is 53.4 Å². The van der Waals surface area contributed by atoms with Gasteiger partial charge in [0, 0.05) is 17.3 Å². The quantitative estimate of drug-likeness (QED) is 0.885. The van der Waals surface area contributed by atoms with E-state index in [1.807, 2.05) is 13.0 Å². The molecule has 0 bridgehead atoms. The number of carbonyl (C=O) groups excluding carboxylic acids is 1. The van der Waals surface area contributed by atoms with E-state index in [2.05, 4.69) is 10.0 Å². The lowest BCUT2D eigenvalue weighted by molar-refractivity contribution is 0.0951. The van der Waals surface area contributed by atoms with Crippen molar-refractivity contribution in [3.8, 4) is 0 Å². The van der Waals surface area contributed by atoms with Crippen LogP contribution in [-0.2, 0) is 10.0 Å². The van der Waals surface area contributed by atoms with Crippen molar-refractivity contribution in [3.05, 3.63) is 59.7 Å². The van der Waals surface area contributed by atoms with Gasteiger partial charge in [0.15, 0.2) is 0 Å². The molecule has 5 nitrogen and oxygen atoms in total. The molecule has 2 aromatic carbocycles. The summed E-state index contributed by atoms with van der Waals surface area (Å²) in [6.45, 7) is 1.89. The maximum absolute atomic E-state index is 12.4. The van der Waals surface area contributed by atoms with Gasteiger partial charge in [0.2, 0.25) is 0 Å². The third-order valence-corrected chi connectivity index (χ3v) is 5.01. The maximum Gasteiger partial charge on any atom is 0.261 e. The molecule has 120 valence electrons. The van der Waals surface area contributed by atoms with Crippen LogP contribution in [0.2, 0.25) is 0 Å². The molecule has 23 heavy (non-hydrogen) atoms. The number of amides is 1. The normalized spacial score (nSPS) is 14.3. The Bertz CT molecular complexity index is 825. The van der Waals surface area contributed by atoms with E-state index < -0.39 is 10.0 Å². The van der Waals surface area contributed by atoms with E-state index in [1.165, 1.54) is 24.3 Å². The lowest BCUT2D eigenvalue weighted by atomic mass is 10.2. The number of nitrogens with one attached hydrogen (secondary N) is 2. The summed E-state index contributed by atoms with van der Waals surface area (Å²) in [5, 5.41) is 2.87. The van der Waals surface area contributed by atoms with E-state index in [0.29, 0.717) is 11.3 Å². The Labute approximate surface area is 135 Å². The van der Waals surface area contributed by atoms with Crippen molar-refractivity contribution in [1.29, 1.82) is 0 Å². The number of anilines is 1. The zero-order valence-corrected chi connectivity index (χ0v) is 13.6. The summed E-state index contributed by atoms with van der Waals surface area (Å²) >= 11 is 0. The van der Waals surface area contributed by atoms with Gasteiger partial charge < -0.3 is 5.32 Å². The molecule has 0 atom stereocenters. The smallest absolute Gasteiger partial charge is 0.261 e. The lowest BCUT2D eigenvalue weighted by Gasteiger charge is -2.09. The first-order valence-electron chi connectivity index (χ1n) is 7.44.